The summed E-state index contributed by atoms with van der Waals surface area (Å²) in [7, 11) is 0. The van der Waals surface area contributed by atoms with Gasteiger partial charge in [0, 0.05) is 0 Å². The number of rotatable bonds is 3. The number of hydrogen-bond acceptors (Lipinski definition) is 2. The van der Waals surface area contributed by atoms with Crippen LogP contribution >= 0.6 is 0 Å². The molecule has 0 aliphatic carbocycles. The number of carbonyl (C=O) groups is 1. The van der Waals surface area contributed by atoms with Crippen LogP contribution in [-0.2, 0) is 4.74 Å². The van der Waals surface area contributed by atoms with E-state index < -0.39 is 0 Å². The lowest BCUT2D eigenvalue weighted by molar-refractivity contribution is 0.0606. The standard InChI is InChI=1S/C9H17NO2/c1-7(2)4-5-9(3)6-10-8(11)12-9/h7H,4-6H2,1-3H3,(H,10,11). The summed E-state index contributed by atoms with van der Waals surface area (Å²) in [6, 6.07) is 0. The van der Waals surface area contributed by atoms with Crippen LogP contribution in [-0.4, -0.2) is 18.2 Å². The normalized spacial score (nSPS) is 28.8. The van der Waals surface area contributed by atoms with Crippen molar-refractivity contribution in [3.8, 4) is 0 Å². The topological polar surface area (TPSA) is 38.3 Å². The fraction of sp³-hybridized carbons (Fsp3) is 0.889. The van der Waals surface area contributed by atoms with Crippen LogP contribution in [0.3, 0.4) is 0 Å². The van der Waals surface area contributed by atoms with Gasteiger partial charge in [-0.25, -0.2) is 4.79 Å². The fourth-order valence-electron chi connectivity index (χ4n) is 1.29. The summed E-state index contributed by atoms with van der Waals surface area (Å²) >= 11 is 0. The molecule has 1 N–H and O–H groups in total. The van der Waals surface area contributed by atoms with E-state index in [2.05, 4.69) is 19.2 Å². The molecular formula is C9H17NO2. The Balaban J connectivity index is 2.35. The van der Waals surface area contributed by atoms with Crippen LogP contribution in [0.2, 0.25) is 0 Å². The summed E-state index contributed by atoms with van der Waals surface area (Å²) in [5.41, 5.74) is -0.263. The van der Waals surface area contributed by atoms with E-state index in [1.165, 1.54) is 0 Å². The highest BCUT2D eigenvalue weighted by Crippen LogP contribution is 2.23. The van der Waals surface area contributed by atoms with Gasteiger partial charge in [0.25, 0.3) is 0 Å². The van der Waals surface area contributed by atoms with E-state index in [9.17, 15) is 4.79 Å². The average Bonchev–Trinajstić information content (AvgIpc) is 2.29. The summed E-state index contributed by atoms with van der Waals surface area (Å²) < 4.78 is 5.15. The maximum absolute atomic E-state index is 10.8. The predicted octanol–water partition coefficient (Wildman–Crippen LogP) is 1.92. The largest absolute Gasteiger partial charge is 0.441 e. The molecule has 0 radical (unpaired) electrons. The summed E-state index contributed by atoms with van der Waals surface area (Å²) in [5.74, 6) is 0.668. The predicted molar refractivity (Wildman–Crippen MR) is 47.0 cm³/mol. The number of ether oxygens (including phenoxy) is 1. The maximum Gasteiger partial charge on any atom is 0.407 e. The first-order chi connectivity index (χ1) is 5.52. The van der Waals surface area contributed by atoms with Crippen LogP contribution in [0.4, 0.5) is 4.79 Å². The first-order valence-corrected chi connectivity index (χ1v) is 4.49. The summed E-state index contributed by atoms with van der Waals surface area (Å²) in [6.45, 7) is 6.98. The molecule has 3 heteroatoms. The van der Waals surface area contributed by atoms with Crippen molar-refractivity contribution in [2.45, 2.75) is 39.2 Å². The molecule has 70 valence electrons. The minimum atomic E-state index is -0.277. The molecule has 1 heterocycles. The van der Waals surface area contributed by atoms with Gasteiger partial charge in [0.2, 0.25) is 0 Å². The van der Waals surface area contributed by atoms with E-state index in [0.29, 0.717) is 12.5 Å². The zero-order valence-electron chi connectivity index (χ0n) is 8.02. The lowest BCUT2D eigenvalue weighted by atomic mass is 9.96. The summed E-state index contributed by atoms with van der Waals surface area (Å²) in [5, 5.41) is 2.67. The highest BCUT2D eigenvalue weighted by Gasteiger charge is 2.34. The van der Waals surface area contributed by atoms with E-state index >= 15 is 0 Å². The average molecular weight is 171 g/mol. The number of nitrogens with one attached hydrogen (secondary N) is 1. The van der Waals surface area contributed by atoms with Gasteiger partial charge in [0.05, 0.1) is 6.54 Å². The molecule has 1 fully saturated rings. The summed E-state index contributed by atoms with van der Waals surface area (Å²) in [4.78, 5) is 10.8. The third kappa shape index (κ3) is 2.40. The molecule has 1 saturated heterocycles. The molecule has 12 heavy (non-hydrogen) atoms. The van der Waals surface area contributed by atoms with Crippen LogP contribution in [0.5, 0.6) is 0 Å². The van der Waals surface area contributed by atoms with Gasteiger partial charge in [-0.3, -0.25) is 0 Å². The second kappa shape index (κ2) is 3.33. The van der Waals surface area contributed by atoms with Crippen LogP contribution < -0.4 is 5.32 Å². The van der Waals surface area contributed by atoms with Gasteiger partial charge in [-0.1, -0.05) is 13.8 Å². The Morgan fingerprint density at radius 2 is 2.33 bits per heavy atom. The van der Waals surface area contributed by atoms with Gasteiger partial charge < -0.3 is 10.1 Å². The van der Waals surface area contributed by atoms with Gasteiger partial charge in [-0.15, -0.1) is 0 Å². The Labute approximate surface area is 73.5 Å². The van der Waals surface area contributed by atoms with Gasteiger partial charge >= 0.3 is 6.09 Å². The van der Waals surface area contributed by atoms with Crippen molar-refractivity contribution in [1.82, 2.24) is 5.32 Å². The highest BCUT2D eigenvalue weighted by molar-refractivity contribution is 5.70. The van der Waals surface area contributed by atoms with Crippen LogP contribution in [0.15, 0.2) is 0 Å². The molecular weight excluding hydrogens is 154 g/mol. The maximum atomic E-state index is 10.8. The van der Waals surface area contributed by atoms with Crippen molar-refractivity contribution in [1.29, 1.82) is 0 Å². The highest BCUT2D eigenvalue weighted by atomic mass is 16.6. The lowest BCUT2D eigenvalue weighted by Crippen LogP contribution is -2.29. The molecule has 1 amide bonds. The Morgan fingerprint density at radius 1 is 1.67 bits per heavy atom. The van der Waals surface area contributed by atoms with Crippen molar-refractivity contribution in [2.24, 2.45) is 5.92 Å². The van der Waals surface area contributed by atoms with Gasteiger partial charge in [-0.05, 0) is 25.7 Å². The third-order valence-electron chi connectivity index (χ3n) is 2.20. The quantitative estimate of drug-likeness (QED) is 0.704. The number of hydrogen-bond donors (Lipinski definition) is 1. The number of alkyl carbamates (subject to hydrolysis) is 1. The molecule has 0 aromatic rings. The second-order valence-corrected chi connectivity index (χ2v) is 4.13. The van der Waals surface area contributed by atoms with Gasteiger partial charge in [0.1, 0.15) is 5.60 Å². The van der Waals surface area contributed by atoms with E-state index in [0.717, 1.165) is 12.8 Å². The van der Waals surface area contributed by atoms with Crippen molar-refractivity contribution in [3.63, 3.8) is 0 Å². The summed E-state index contributed by atoms with van der Waals surface area (Å²) in [6.07, 6.45) is 1.77. The van der Waals surface area contributed by atoms with Crippen LogP contribution in [0.25, 0.3) is 0 Å². The molecule has 0 aromatic carbocycles. The van der Waals surface area contributed by atoms with Gasteiger partial charge in [0.15, 0.2) is 0 Å². The SMILES string of the molecule is CC(C)CCC1(C)CNC(=O)O1. The molecule has 1 unspecified atom stereocenters. The van der Waals surface area contributed by atoms with Crippen molar-refractivity contribution >= 4 is 6.09 Å². The smallest absolute Gasteiger partial charge is 0.407 e. The number of carbonyl (C=O) groups excluding carboxylic acids is 1. The molecule has 1 aliphatic heterocycles. The first kappa shape index (κ1) is 9.36. The second-order valence-electron chi connectivity index (χ2n) is 4.13. The van der Waals surface area contributed by atoms with Crippen LogP contribution in [0.1, 0.15) is 33.6 Å². The minimum Gasteiger partial charge on any atom is -0.441 e. The van der Waals surface area contributed by atoms with E-state index in [1.54, 1.807) is 0 Å². The molecule has 3 nitrogen and oxygen atoms in total. The lowest BCUT2D eigenvalue weighted by Gasteiger charge is -2.21. The Bertz CT molecular complexity index is 179. The van der Waals surface area contributed by atoms with Crippen molar-refractivity contribution in [3.05, 3.63) is 0 Å². The molecule has 0 spiro atoms. The third-order valence-corrected chi connectivity index (χ3v) is 2.20. The van der Waals surface area contributed by atoms with Crippen LogP contribution in [0, 0.1) is 5.92 Å². The Hall–Kier alpha value is -0.730. The fourth-order valence-corrected chi connectivity index (χ4v) is 1.29. The minimum absolute atomic E-state index is 0.263. The van der Waals surface area contributed by atoms with E-state index in [1.807, 2.05) is 6.92 Å². The number of amides is 1. The molecule has 1 atom stereocenters. The van der Waals surface area contributed by atoms with E-state index in [4.69, 9.17) is 4.74 Å². The van der Waals surface area contributed by atoms with E-state index in [-0.39, 0.29) is 11.7 Å². The van der Waals surface area contributed by atoms with Crippen molar-refractivity contribution < 1.29 is 9.53 Å². The number of cyclic esters (lactones) is 1. The molecule has 1 aliphatic rings. The molecule has 1 rings (SSSR count). The monoisotopic (exact) mass is 171 g/mol. The zero-order chi connectivity index (χ0) is 9.19. The molecule has 0 bridgehead atoms. The first-order valence-electron chi connectivity index (χ1n) is 4.49. The Morgan fingerprint density at radius 3 is 2.75 bits per heavy atom. The molecule has 0 aromatic heterocycles. The Kier molecular flexibility index (Phi) is 2.60. The van der Waals surface area contributed by atoms with Crippen molar-refractivity contribution in [2.75, 3.05) is 6.54 Å². The molecule has 0 saturated carbocycles. The van der Waals surface area contributed by atoms with Gasteiger partial charge in [-0.2, -0.15) is 0 Å². The zero-order valence-corrected chi connectivity index (χ0v) is 8.02.